The first-order chi connectivity index (χ1) is 13.1. The van der Waals surface area contributed by atoms with Crippen molar-refractivity contribution >= 4 is 10.0 Å². The second-order valence-corrected chi connectivity index (χ2v) is 7.42. The van der Waals surface area contributed by atoms with E-state index >= 15 is 0 Å². The van der Waals surface area contributed by atoms with Crippen molar-refractivity contribution in [3.8, 4) is 5.75 Å². The Kier molecular flexibility index (Phi) is 9.23. The molecule has 2 aromatic carbocycles. The van der Waals surface area contributed by atoms with Gasteiger partial charge in [0, 0.05) is 13.1 Å². The highest BCUT2D eigenvalue weighted by molar-refractivity contribution is 7.89. The molecule has 2 rings (SSSR count). The fourth-order valence-electron chi connectivity index (χ4n) is 2.19. The molecule has 0 unspecified atom stereocenters. The number of nitrogens with one attached hydrogen (secondary N) is 1. The third kappa shape index (κ3) is 8.06. The lowest BCUT2D eigenvalue weighted by atomic mass is 10.2. The van der Waals surface area contributed by atoms with Crippen LogP contribution < -0.4 is 15.2 Å². The molecule has 7 nitrogen and oxygen atoms in total. The van der Waals surface area contributed by atoms with Gasteiger partial charge in [0.1, 0.15) is 12.4 Å². The van der Waals surface area contributed by atoms with Crippen LogP contribution in [0.1, 0.15) is 5.56 Å². The molecule has 3 N–H and O–H groups in total. The number of hydrogen-bond acceptors (Lipinski definition) is 6. The first-order valence-electron chi connectivity index (χ1n) is 8.74. The molecule has 0 amide bonds. The average Bonchev–Trinajstić information content (AvgIpc) is 2.69. The summed E-state index contributed by atoms with van der Waals surface area (Å²) in [5, 5.41) is 0. The Morgan fingerprint density at radius 3 is 2.19 bits per heavy atom. The molecule has 148 valence electrons. The van der Waals surface area contributed by atoms with Gasteiger partial charge in [0.2, 0.25) is 10.0 Å². The molecule has 0 aromatic heterocycles. The van der Waals surface area contributed by atoms with E-state index in [-0.39, 0.29) is 18.0 Å². The van der Waals surface area contributed by atoms with Crippen LogP contribution in [0.2, 0.25) is 0 Å². The van der Waals surface area contributed by atoms with Crippen LogP contribution in [0.4, 0.5) is 0 Å². The van der Waals surface area contributed by atoms with E-state index in [1.165, 1.54) is 12.1 Å². The lowest BCUT2D eigenvalue weighted by Gasteiger charge is -2.09. The normalized spacial score (nSPS) is 11.4. The molecule has 0 atom stereocenters. The molecular formula is C19H26N2O5S. The van der Waals surface area contributed by atoms with E-state index in [0.29, 0.717) is 38.7 Å². The maximum atomic E-state index is 12.3. The predicted octanol–water partition coefficient (Wildman–Crippen LogP) is 1.54. The van der Waals surface area contributed by atoms with Gasteiger partial charge in [-0.1, -0.05) is 30.3 Å². The van der Waals surface area contributed by atoms with Crippen LogP contribution in [-0.2, 0) is 26.1 Å². The van der Waals surface area contributed by atoms with E-state index in [2.05, 4.69) is 4.72 Å². The van der Waals surface area contributed by atoms with Gasteiger partial charge in [-0.2, -0.15) is 0 Å². The summed E-state index contributed by atoms with van der Waals surface area (Å²) in [7, 11) is -3.58. The molecule has 0 aliphatic carbocycles. The number of benzene rings is 2. The van der Waals surface area contributed by atoms with Crippen LogP contribution in [0.3, 0.4) is 0 Å². The van der Waals surface area contributed by atoms with Crippen LogP contribution in [0.25, 0.3) is 0 Å². The summed E-state index contributed by atoms with van der Waals surface area (Å²) in [6.45, 7) is 2.67. The molecule has 0 radical (unpaired) electrons. The van der Waals surface area contributed by atoms with Crippen molar-refractivity contribution in [2.45, 2.75) is 11.5 Å². The smallest absolute Gasteiger partial charge is 0.240 e. The average molecular weight is 394 g/mol. The Labute approximate surface area is 160 Å². The van der Waals surface area contributed by atoms with Crippen LogP contribution in [0.5, 0.6) is 5.75 Å². The molecule has 0 saturated heterocycles. The summed E-state index contributed by atoms with van der Waals surface area (Å²) in [5.41, 5.74) is 6.34. The molecule has 0 spiro atoms. The monoisotopic (exact) mass is 394 g/mol. The Morgan fingerprint density at radius 1 is 0.852 bits per heavy atom. The quantitative estimate of drug-likeness (QED) is 0.500. The number of nitrogens with two attached hydrogens (primary N) is 1. The molecular weight excluding hydrogens is 368 g/mol. The highest BCUT2D eigenvalue weighted by Gasteiger charge is 2.13. The van der Waals surface area contributed by atoms with Gasteiger partial charge in [-0.05, 0) is 29.8 Å². The zero-order chi connectivity index (χ0) is 19.4. The maximum absolute atomic E-state index is 12.3. The van der Waals surface area contributed by atoms with Gasteiger partial charge in [-0.15, -0.1) is 0 Å². The number of ether oxygens (including phenoxy) is 3. The topological polar surface area (TPSA) is 99.9 Å². The number of sulfonamides is 1. The molecule has 2 aromatic rings. The van der Waals surface area contributed by atoms with Gasteiger partial charge < -0.3 is 19.9 Å². The fourth-order valence-corrected chi connectivity index (χ4v) is 3.21. The molecule has 0 heterocycles. The minimum atomic E-state index is -3.58. The van der Waals surface area contributed by atoms with Gasteiger partial charge >= 0.3 is 0 Å². The Hall–Kier alpha value is -1.97. The summed E-state index contributed by atoms with van der Waals surface area (Å²) in [6, 6.07) is 16.1. The van der Waals surface area contributed by atoms with Gasteiger partial charge in [-0.25, -0.2) is 13.1 Å². The second kappa shape index (κ2) is 11.7. The van der Waals surface area contributed by atoms with E-state index in [9.17, 15) is 8.42 Å². The van der Waals surface area contributed by atoms with E-state index in [0.717, 1.165) is 5.56 Å². The van der Waals surface area contributed by atoms with Crippen LogP contribution >= 0.6 is 0 Å². The summed E-state index contributed by atoms with van der Waals surface area (Å²) >= 11 is 0. The number of rotatable bonds is 13. The minimum absolute atomic E-state index is 0.181. The Morgan fingerprint density at radius 2 is 1.52 bits per heavy atom. The summed E-state index contributed by atoms with van der Waals surface area (Å²) in [5.74, 6) is 0.610. The van der Waals surface area contributed by atoms with Crippen molar-refractivity contribution in [2.24, 2.45) is 5.73 Å². The van der Waals surface area contributed by atoms with Crippen molar-refractivity contribution in [3.63, 3.8) is 0 Å². The highest BCUT2D eigenvalue weighted by Crippen LogP contribution is 2.17. The van der Waals surface area contributed by atoms with E-state index in [4.69, 9.17) is 19.9 Å². The van der Waals surface area contributed by atoms with Crippen molar-refractivity contribution in [2.75, 3.05) is 39.5 Å². The third-order valence-corrected chi connectivity index (χ3v) is 5.03. The molecule has 0 fully saturated rings. The first-order valence-corrected chi connectivity index (χ1v) is 10.2. The van der Waals surface area contributed by atoms with Crippen LogP contribution in [0, 0.1) is 0 Å². The molecule has 27 heavy (non-hydrogen) atoms. The zero-order valence-electron chi connectivity index (χ0n) is 15.2. The van der Waals surface area contributed by atoms with Gasteiger partial charge in [-0.3, -0.25) is 0 Å². The standard InChI is InChI=1S/C19H26N2O5S/c20-10-12-24-14-15-25-13-11-21-27(22,23)19-8-6-18(7-9-19)26-16-17-4-2-1-3-5-17/h1-9,21H,10-16,20H2. The molecule has 0 bridgehead atoms. The van der Waals surface area contributed by atoms with Gasteiger partial charge in [0.15, 0.2) is 0 Å². The van der Waals surface area contributed by atoms with Crippen molar-refractivity contribution in [1.29, 1.82) is 0 Å². The van der Waals surface area contributed by atoms with E-state index < -0.39 is 10.0 Å². The summed E-state index contributed by atoms with van der Waals surface area (Å²) in [6.07, 6.45) is 0. The van der Waals surface area contributed by atoms with E-state index in [1.54, 1.807) is 12.1 Å². The SMILES string of the molecule is NCCOCCOCCNS(=O)(=O)c1ccc(OCc2ccccc2)cc1. The summed E-state index contributed by atoms with van der Waals surface area (Å²) < 4.78 is 43.1. The van der Waals surface area contributed by atoms with Crippen molar-refractivity contribution in [3.05, 3.63) is 60.2 Å². The number of hydrogen-bond donors (Lipinski definition) is 2. The van der Waals surface area contributed by atoms with Gasteiger partial charge in [0.05, 0.1) is 31.3 Å². The van der Waals surface area contributed by atoms with Gasteiger partial charge in [0.25, 0.3) is 0 Å². The van der Waals surface area contributed by atoms with E-state index in [1.807, 2.05) is 30.3 Å². The Balaban J connectivity index is 1.72. The molecule has 0 aliphatic heterocycles. The highest BCUT2D eigenvalue weighted by atomic mass is 32.2. The van der Waals surface area contributed by atoms with Crippen LogP contribution in [-0.4, -0.2) is 47.9 Å². The lowest BCUT2D eigenvalue weighted by Crippen LogP contribution is -2.27. The minimum Gasteiger partial charge on any atom is -0.489 e. The zero-order valence-corrected chi connectivity index (χ0v) is 16.0. The summed E-state index contributed by atoms with van der Waals surface area (Å²) in [4.78, 5) is 0.181. The van der Waals surface area contributed by atoms with Crippen molar-refractivity contribution < 1.29 is 22.6 Å². The maximum Gasteiger partial charge on any atom is 0.240 e. The van der Waals surface area contributed by atoms with Crippen LogP contribution in [0.15, 0.2) is 59.5 Å². The first kappa shape index (κ1) is 21.3. The lowest BCUT2D eigenvalue weighted by molar-refractivity contribution is 0.0530. The Bertz CT molecular complexity index is 751. The largest absolute Gasteiger partial charge is 0.489 e. The molecule has 0 saturated carbocycles. The second-order valence-electron chi connectivity index (χ2n) is 5.66. The molecule has 0 aliphatic rings. The fraction of sp³-hybridized carbons (Fsp3) is 0.368. The predicted molar refractivity (Wildman–Crippen MR) is 103 cm³/mol. The van der Waals surface area contributed by atoms with Crippen molar-refractivity contribution in [1.82, 2.24) is 4.72 Å². The third-order valence-electron chi connectivity index (χ3n) is 3.56. The molecule has 8 heteroatoms.